The van der Waals surface area contributed by atoms with Gasteiger partial charge in [0.2, 0.25) is 0 Å². The van der Waals surface area contributed by atoms with Crippen molar-refractivity contribution in [3.8, 4) is 0 Å². The van der Waals surface area contributed by atoms with Crippen LogP contribution in [-0.2, 0) is 0 Å². The van der Waals surface area contributed by atoms with E-state index in [4.69, 9.17) is 0 Å². The van der Waals surface area contributed by atoms with Crippen LogP contribution in [0.5, 0.6) is 0 Å². The SMILES string of the molecule is CCC(C)C(C)C1(C)CC1(CC(C)C(C)(C)C)NC. The summed E-state index contributed by atoms with van der Waals surface area (Å²) in [5.41, 5.74) is 1.27. The Labute approximate surface area is 121 Å². The zero-order valence-electron chi connectivity index (χ0n) is 14.9. The number of rotatable bonds is 6. The highest BCUT2D eigenvalue weighted by molar-refractivity contribution is 5.21. The van der Waals surface area contributed by atoms with E-state index >= 15 is 0 Å². The third-order valence-electron chi connectivity index (χ3n) is 6.75. The van der Waals surface area contributed by atoms with Crippen LogP contribution in [0.4, 0.5) is 0 Å². The molecular formula is C18H37N. The second kappa shape index (κ2) is 5.39. The van der Waals surface area contributed by atoms with Gasteiger partial charge in [-0.05, 0) is 48.5 Å². The van der Waals surface area contributed by atoms with Gasteiger partial charge in [-0.15, -0.1) is 0 Å². The lowest BCUT2D eigenvalue weighted by molar-refractivity contribution is 0.162. The van der Waals surface area contributed by atoms with Crippen LogP contribution in [0.15, 0.2) is 0 Å². The van der Waals surface area contributed by atoms with E-state index in [-0.39, 0.29) is 0 Å². The predicted octanol–water partition coefficient (Wildman–Crippen LogP) is 5.11. The number of hydrogen-bond donors (Lipinski definition) is 1. The largest absolute Gasteiger partial charge is 0.314 e. The molecule has 1 fully saturated rings. The van der Waals surface area contributed by atoms with Crippen LogP contribution in [0.2, 0.25) is 0 Å². The first-order valence-electron chi connectivity index (χ1n) is 8.23. The molecule has 0 amide bonds. The van der Waals surface area contributed by atoms with Gasteiger partial charge < -0.3 is 5.32 Å². The standard InChI is InChI=1S/C18H37N/c1-10-13(2)15(4)17(8)12-18(17,19-9)11-14(3)16(5,6)7/h13-15,19H,10-12H2,1-9H3. The predicted molar refractivity (Wildman–Crippen MR) is 86.4 cm³/mol. The summed E-state index contributed by atoms with van der Waals surface area (Å²) in [7, 11) is 2.17. The number of nitrogens with one attached hydrogen (secondary N) is 1. The van der Waals surface area contributed by atoms with Gasteiger partial charge in [-0.25, -0.2) is 0 Å². The Morgan fingerprint density at radius 1 is 1.16 bits per heavy atom. The molecule has 1 heteroatoms. The Kier molecular flexibility index (Phi) is 4.83. The maximum Gasteiger partial charge on any atom is 0.0244 e. The Balaban J connectivity index is 2.81. The van der Waals surface area contributed by atoms with E-state index in [1.54, 1.807) is 0 Å². The molecule has 0 spiro atoms. The van der Waals surface area contributed by atoms with Crippen LogP contribution in [0.1, 0.15) is 74.7 Å². The molecular weight excluding hydrogens is 230 g/mol. The lowest BCUT2D eigenvalue weighted by Gasteiger charge is -2.36. The van der Waals surface area contributed by atoms with E-state index in [1.165, 1.54) is 19.3 Å². The second-order valence-corrected chi connectivity index (χ2v) is 8.57. The molecule has 1 nitrogen and oxygen atoms in total. The molecule has 19 heavy (non-hydrogen) atoms. The summed E-state index contributed by atoms with van der Waals surface area (Å²) >= 11 is 0. The fourth-order valence-electron chi connectivity index (χ4n) is 3.77. The van der Waals surface area contributed by atoms with Gasteiger partial charge in [0.05, 0.1) is 0 Å². The van der Waals surface area contributed by atoms with Crippen molar-refractivity contribution in [3.63, 3.8) is 0 Å². The van der Waals surface area contributed by atoms with Gasteiger partial charge >= 0.3 is 0 Å². The minimum Gasteiger partial charge on any atom is -0.314 e. The molecule has 5 unspecified atom stereocenters. The fourth-order valence-corrected chi connectivity index (χ4v) is 3.77. The van der Waals surface area contributed by atoms with Gasteiger partial charge in [0.15, 0.2) is 0 Å². The topological polar surface area (TPSA) is 12.0 Å². The molecule has 0 bridgehead atoms. The van der Waals surface area contributed by atoms with Gasteiger partial charge in [0.25, 0.3) is 0 Å². The Morgan fingerprint density at radius 3 is 2.05 bits per heavy atom. The first-order valence-corrected chi connectivity index (χ1v) is 8.23. The highest BCUT2D eigenvalue weighted by Crippen LogP contribution is 2.65. The minimum atomic E-state index is 0.378. The highest BCUT2D eigenvalue weighted by Gasteiger charge is 2.66. The summed E-state index contributed by atoms with van der Waals surface area (Å²) in [6.45, 7) is 19.3. The fraction of sp³-hybridized carbons (Fsp3) is 1.00. The molecule has 0 aromatic carbocycles. The zero-order chi connectivity index (χ0) is 15.1. The summed E-state index contributed by atoms with van der Waals surface area (Å²) in [5, 5.41) is 3.71. The molecule has 1 aliphatic rings. The van der Waals surface area contributed by atoms with Gasteiger partial charge in [-0.1, -0.05) is 61.8 Å². The van der Waals surface area contributed by atoms with Crippen LogP contribution in [0.3, 0.4) is 0 Å². The normalized spacial score (nSPS) is 35.8. The quantitative estimate of drug-likeness (QED) is 0.705. The molecule has 0 aliphatic heterocycles. The van der Waals surface area contributed by atoms with E-state index in [0.29, 0.717) is 16.4 Å². The summed E-state index contributed by atoms with van der Waals surface area (Å²) in [4.78, 5) is 0. The summed E-state index contributed by atoms with van der Waals surface area (Å²) < 4.78 is 0. The van der Waals surface area contributed by atoms with Crippen LogP contribution in [-0.4, -0.2) is 12.6 Å². The van der Waals surface area contributed by atoms with E-state index < -0.39 is 0 Å². The van der Waals surface area contributed by atoms with Crippen LogP contribution < -0.4 is 5.32 Å². The zero-order valence-corrected chi connectivity index (χ0v) is 14.9. The van der Waals surface area contributed by atoms with Gasteiger partial charge in [0, 0.05) is 5.54 Å². The lowest BCUT2D eigenvalue weighted by Crippen LogP contribution is -2.40. The van der Waals surface area contributed by atoms with Crippen molar-refractivity contribution in [1.29, 1.82) is 0 Å². The lowest BCUT2D eigenvalue weighted by atomic mass is 9.73. The average molecular weight is 268 g/mol. The molecule has 1 rings (SSSR count). The van der Waals surface area contributed by atoms with Crippen molar-refractivity contribution in [1.82, 2.24) is 5.32 Å². The Morgan fingerprint density at radius 2 is 1.68 bits per heavy atom. The summed E-state index contributed by atoms with van der Waals surface area (Å²) in [6, 6.07) is 0. The second-order valence-electron chi connectivity index (χ2n) is 8.57. The van der Waals surface area contributed by atoms with E-state index in [1.807, 2.05) is 0 Å². The van der Waals surface area contributed by atoms with Gasteiger partial charge in [-0.2, -0.15) is 0 Å². The summed E-state index contributed by atoms with van der Waals surface area (Å²) in [6.07, 6.45) is 3.96. The van der Waals surface area contributed by atoms with Crippen molar-refractivity contribution in [3.05, 3.63) is 0 Å². The van der Waals surface area contributed by atoms with Gasteiger partial charge in [0.1, 0.15) is 0 Å². The average Bonchev–Trinajstić information content (AvgIpc) is 2.93. The molecule has 0 aromatic heterocycles. The van der Waals surface area contributed by atoms with Crippen molar-refractivity contribution < 1.29 is 0 Å². The van der Waals surface area contributed by atoms with Crippen molar-refractivity contribution >= 4 is 0 Å². The van der Waals surface area contributed by atoms with Crippen LogP contribution in [0, 0.1) is 28.6 Å². The molecule has 1 N–H and O–H groups in total. The van der Waals surface area contributed by atoms with Crippen LogP contribution in [0.25, 0.3) is 0 Å². The maximum atomic E-state index is 3.71. The molecule has 0 saturated heterocycles. The third-order valence-corrected chi connectivity index (χ3v) is 6.75. The first-order chi connectivity index (χ1) is 8.54. The molecule has 1 saturated carbocycles. The Hall–Kier alpha value is -0.0400. The molecule has 1 aliphatic carbocycles. The smallest absolute Gasteiger partial charge is 0.0244 e. The Bertz CT molecular complexity index is 303. The monoisotopic (exact) mass is 267 g/mol. The van der Waals surface area contributed by atoms with E-state index in [0.717, 1.165) is 17.8 Å². The van der Waals surface area contributed by atoms with Crippen molar-refractivity contribution in [2.24, 2.45) is 28.6 Å². The molecule has 0 heterocycles. The maximum absolute atomic E-state index is 3.71. The summed E-state index contributed by atoms with van der Waals surface area (Å²) in [5.74, 6) is 2.38. The minimum absolute atomic E-state index is 0.378. The molecule has 0 aromatic rings. The molecule has 0 radical (unpaired) electrons. The third kappa shape index (κ3) is 3.01. The van der Waals surface area contributed by atoms with Crippen molar-refractivity contribution in [2.75, 3.05) is 7.05 Å². The highest BCUT2D eigenvalue weighted by atomic mass is 15.1. The van der Waals surface area contributed by atoms with Crippen molar-refractivity contribution in [2.45, 2.75) is 80.2 Å². The number of hydrogen-bond acceptors (Lipinski definition) is 1. The molecule has 5 atom stereocenters. The van der Waals surface area contributed by atoms with E-state index in [2.05, 4.69) is 67.8 Å². The van der Waals surface area contributed by atoms with Gasteiger partial charge in [-0.3, -0.25) is 0 Å². The van der Waals surface area contributed by atoms with E-state index in [9.17, 15) is 0 Å². The first kappa shape index (κ1) is 17.0. The van der Waals surface area contributed by atoms with Crippen LogP contribution >= 0.6 is 0 Å². The molecule has 114 valence electrons.